The van der Waals surface area contributed by atoms with Gasteiger partial charge in [-0.3, -0.25) is 4.79 Å². The molecule has 0 bridgehead atoms. The zero-order valence-corrected chi connectivity index (χ0v) is 22.2. The van der Waals surface area contributed by atoms with Gasteiger partial charge in [0.05, 0.1) is 0 Å². The van der Waals surface area contributed by atoms with Crippen LogP contribution in [-0.4, -0.2) is 27.9 Å². The molecule has 0 aromatic heterocycles. The lowest BCUT2D eigenvalue weighted by molar-refractivity contribution is -0.155. The van der Waals surface area contributed by atoms with Crippen LogP contribution in [0.15, 0.2) is 97.1 Å². The first-order chi connectivity index (χ1) is 18.9. The van der Waals surface area contributed by atoms with Crippen LogP contribution in [0.25, 0.3) is 0 Å². The van der Waals surface area contributed by atoms with Crippen LogP contribution in [0.4, 0.5) is 0 Å². The number of halogens is 1. The fraction of sp³-hybridized carbons (Fsp3) is 0.188. The lowest BCUT2D eigenvalue weighted by atomic mass is 9.90. The molecule has 1 N–H and O–H groups in total. The van der Waals surface area contributed by atoms with Gasteiger partial charge in [0.15, 0.2) is 0 Å². The Hall–Kier alpha value is -4.29. The zero-order chi connectivity index (χ0) is 27.4. The maximum atomic E-state index is 14.0. The first-order valence-corrected chi connectivity index (χ1v) is 13.1. The van der Waals surface area contributed by atoms with Crippen molar-refractivity contribution in [2.45, 2.75) is 38.6 Å². The summed E-state index contributed by atoms with van der Waals surface area (Å²) in [5.41, 5.74) is 4.23. The van der Waals surface area contributed by atoms with Crippen molar-refractivity contribution in [3.05, 3.63) is 130 Å². The lowest BCUT2D eigenvalue weighted by Crippen LogP contribution is -2.51. The Morgan fingerprint density at radius 1 is 0.949 bits per heavy atom. The summed E-state index contributed by atoms with van der Waals surface area (Å²) in [6, 6.07) is 28.4. The standard InChI is InChI=1S/C32H28ClNO5/c1-21-12-13-24-19-34(28(32(36)37)18-27(24)29(21)38-20-22-8-4-2-5-9-22)31(35)30(23-10-6-3-7-11-23)39-26-16-14-25(33)15-17-26/h2-17,28,30H,18-20H2,1H3,(H,36,37). The maximum Gasteiger partial charge on any atom is 0.326 e. The number of aryl methyl sites for hydroxylation is 1. The Kier molecular flexibility index (Phi) is 7.84. The number of amides is 1. The Bertz CT molecular complexity index is 1460. The third-order valence-electron chi connectivity index (χ3n) is 6.86. The Balaban J connectivity index is 1.47. The van der Waals surface area contributed by atoms with Crippen molar-refractivity contribution in [2.75, 3.05) is 0 Å². The van der Waals surface area contributed by atoms with Crippen molar-refractivity contribution in [1.29, 1.82) is 0 Å². The maximum absolute atomic E-state index is 14.0. The summed E-state index contributed by atoms with van der Waals surface area (Å²) in [6.07, 6.45) is -0.903. The van der Waals surface area contributed by atoms with Crippen LogP contribution in [-0.2, 0) is 29.2 Å². The van der Waals surface area contributed by atoms with E-state index >= 15 is 0 Å². The average Bonchev–Trinajstić information content (AvgIpc) is 2.96. The smallest absolute Gasteiger partial charge is 0.326 e. The van der Waals surface area contributed by atoms with E-state index in [1.54, 1.807) is 36.4 Å². The van der Waals surface area contributed by atoms with Crippen LogP contribution >= 0.6 is 11.6 Å². The summed E-state index contributed by atoms with van der Waals surface area (Å²) in [4.78, 5) is 28.0. The Morgan fingerprint density at radius 2 is 1.62 bits per heavy atom. The topological polar surface area (TPSA) is 76.1 Å². The molecule has 5 rings (SSSR count). The van der Waals surface area contributed by atoms with Gasteiger partial charge >= 0.3 is 5.97 Å². The molecule has 0 fully saturated rings. The van der Waals surface area contributed by atoms with Crippen molar-refractivity contribution in [3.63, 3.8) is 0 Å². The molecule has 6 nitrogen and oxygen atoms in total. The van der Waals surface area contributed by atoms with E-state index in [2.05, 4.69) is 0 Å². The summed E-state index contributed by atoms with van der Waals surface area (Å²) >= 11 is 6.03. The molecular weight excluding hydrogens is 514 g/mol. The van der Waals surface area contributed by atoms with Gasteiger partial charge in [-0.15, -0.1) is 0 Å². The van der Waals surface area contributed by atoms with Crippen LogP contribution < -0.4 is 9.47 Å². The van der Waals surface area contributed by atoms with E-state index in [0.29, 0.717) is 28.7 Å². The second kappa shape index (κ2) is 11.6. The van der Waals surface area contributed by atoms with Gasteiger partial charge in [-0.1, -0.05) is 84.4 Å². The minimum absolute atomic E-state index is 0.125. The highest BCUT2D eigenvalue weighted by Gasteiger charge is 2.40. The van der Waals surface area contributed by atoms with E-state index in [4.69, 9.17) is 21.1 Å². The predicted molar refractivity (Wildman–Crippen MR) is 149 cm³/mol. The third-order valence-corrected chi connectivity index (χ3v) is 7.11. The fourth-order valence-electron chi connectivity index (χ4n) is 4.83. The molecule has 1 amide bonds. The highest BCUT2D eigenvalue weighted by atomic mass is 35.5. The summed E-state index contributed by atoms with van der Waals surface area (Å²) in [5.74, 6) is -0.380. The van der Waals surface area contributed by atoms with Crippen molar-refractivity contribution in [1.82, 2.24) is 4.90 Å². The molecule has 0 saturated carbocycles. The molecule has 198 valence electrons. The molecule has 1 heterocycles. The van der Waals surface area contributed by atoms with Crippen LogP contribution in [0.2, 0.25) is 5.02 Å². The van der Waals surface area contributed by atoms with Gasteiger partial charge < -0.3 is 19.5 Å². The van der Waals surface area contributed by atoms with Crippen molar-refractivity contribution in [3.8, 4) is 11.5 Å². The number of aliphatic carboxylic acids is 1. The largest absolute Gasteiger partial charge is 0.488 e. The van der Waals surface area contributed by atoms with Crippen LogP contribution in [0.3, 0.4) is 0 Å². The number of hydrogen-bond donors (Lipinski definition) is 1. The second-order valence-corrected chi connectivity index (χ2v) is 9.95. The zero-order valence-electron chi connectivity index (χ0n) is 21.4. The van der Waals surface area contributed by atoms with Crippen LogP contribution in [0, 0.1) is 6.92 Å². The number of ether oxygens (including phenoxy) is 2. The Labute approximate surface area is 232 Å². The molecule has 0 saturated heterocycles. The van der Waals surface area contributed by atoms with E-state index in [1.165, 1.54) is 4.90 Å². The number of hydrogen-bond acceptors (Lipinski definition) is 4. The number of carbonyl (C=O) groups excluding carboxylic acids is 1. The molecule has 4 aromatic carbocycles. The van der Waals surface area contributed by atoms with Gasteiger partial charge in [0.1, 0.15) is 24.1 Å². The molecule has 1 aliphatic heterocycles. The van der Waals surface area contributed by atoms with Crippen molar-refractivity contribution < 1.29 is 24.2 Å². The van der Waals surface area contributed by atoms with Gasteiger partial charge in [-0.25, -0.2) is 4.79 Å². The molecule has 4 aromatic rings. The van der Waals surface area contributed by atoms with Crippen molar-refractivity contribution in [2.24, 2.45) is 0 Å². The van der Waals surface area contributed by atoms with Crippen LogP contribution in [0.5, 0.6) is 11.5 Å². The predicted octanol–water partition coefficient (Wildman–Crippen LogP) is 6.39. The SMILES string of the molecule is Cc1ccc2c(c1OCc1ccccc1)CC(C(=O)O)N(C(=O)C(Oc1ccc(Cl)cc1)c1ccccc1)C2. The van der Waals surface area contributed by atoms with Gasteiger partial charge in [-0.2, -0.15) is 0 Å². The van der Waals surface area contributed by atoms with Gasteiger partial charge in [0.2, 0.25) is 6.10 Å². The minimum Gasteiger partial charge on any atom is -0.488 e. The first kappa shape index (κ1) is 26.3. The lowest BCUT2D eigenvalue weighted by Gasteiger charge is -2.37. The number of benzene rings is 4. The molecule has 39 heavy (non-hydrogen) atoms. The monoisotopic (exact) mass is 541 g/mol. The number of carbonyl (C=O) groups is 2. The molecule has 0 radical (unpaired) electrons. The van der Waals surface area contributed by atoms with Gasteiger partial charge in [0.25, 0.3) is 5.91 Å². The number of carboxylic acid groups (broad SMARTS) is 1. The quantitative estimate of drug-likeness (QED) is 0.280. The van der Waals surface area contributed by atoms with Gasteiger partial charge in [0, 0.05) is 29.1 Å². The Morgan fingerprint density at radius 3 is 2.28 bits per heavy atom. The number of carboxylic acids is 1. The number of fused-ring (bicyclic) bond motifs is 1. The highest BCUT2D eigenvalue weighted by Crippen LogP contribution is 2.36. The third kappa shape index (κ3) is 5.91. The van der Waals surface area contributed by atoms with E-state index in [1.807, 2.05) is 67.6 Å². The molecule has 0 spiro atoms. The first-order valence-electron chi connectivity index (χ1n) is 12.7. The molecular formula is C32H28ClNO5. The number of rotatable bonds is 8. The van der Waals surface area contributed by atoms with E-state index in [-0.39, 0.29) is 13.0 Å². The van der Waals surface area contributed by atoms with E-state index < -0.39 is 24.0 Å². The number of nitrogens with zero attached hydrogens (tertiary/aromatic N) is 1. The summed E-state index contributed by atoms with van der Waals surface area (Å²) in [6.45, 7) is 2.43. The second-order valence-electron chi connectivity index (χ2n) is 9.51. The summed E-state index contributed by atoms with van der Waals surface area (Å²) in [5, 5.41) is 10.8. The summed E-state index contributed by atoms with van der Waals surface area (Å²) in [7, 11) is 0. The average molecular weight is 542 g/mol. The molecule has 2 unspecified atom stereocenters. The highest BCUT2D eigenvalue weighted by molar-refractivity contribution is 6.30. The normalized spacial score (nSPS) is 15.2. The molecule has 2 atom stereocenters. The molecule has 7 heteroatoms. The van der Waals surface area contributed by atoms with Crippen LogP contribution in [0.1, 0.15) is 33.9 Å². The fourth-order valence-corrected chi connectivity index (χ4v) is 4.95. The minimum atomic E-state index is -1.08. The molecule has 1 aliphatic rings. The van der Waals surface area contributed by atoms with Crippen molar-refractivity contribution >= 4 is 23.5 Å². The van der Waals surface area contributed by atoms with Gasteiger partial charge in [-0.05, 0) is 47.9 Å². The summed E-state index contributed by atoms with van der Waals surface area (Å²) < 4.78 is 12.4. The van der Waals surface area contributed by atoms with E-state index in [9.17, 15) is 14.7 Å². The molecule has 0 aliphatic carbocycles. The van der Waals surface area contributed by atoms with E-state index in [0.717, 1.165) is 22.3 Å².